The van der Waals surface area contributed by atoms with E-state index in [4.69, 9.17) is 0 Å². The number of amides is 3. The van der Waals surface area contributed by atoms with Gasteiger partial charge in [-0.2, -0.15) is 0 Å². The van der Waals surface area contributed by atoms with E-state index in [0.717, 1.165) is 5.56 Å². The number of carbonyl (C=O) groups is 2. The Labute approximate surface area is 200 Å². The highest BCUT2D eigenvalue weighted by atomic mass is 19.4. The van der Waals surface area contributed by atoms with Crippen LogP contribution in [0, 0.1) is 0 Å². The van der Waals surface area contributed by atoms with E-state index in [1.807, 2.05) is 30.3 Å². The summed E-state index contributed by atoms with van der Waals surface area (Å²) in [6.07, 6.45) is -3.84. The minimum absolute atomic E-state index is 0.189. The van der Waals surface area contributed by atoms with Crippen LogP contribution in [0.5, 0.6) is 5.75 Å². The van der Waals surface area contributed by atoms with Gasteiger partial charge in [-0.1, -0.05) is 54.6 Å². The van der Waals surface area contributed by atoms with Crippen LogP contribution in [0.25, 0.3) is 0 Å². The minimum Gasteiger partial charge on any atom is -0.406 e. The normalized spacial score (nSPS) is 14.1. The first-order valence-electron chi connectivity index (χ1n) is 11.1. The van der Waals surface area contributed by atoms with E-state index in [2.05, 4.69) is 10.1 Å². The lowest BCUT2D eigenvalue weighted by atomic mass is 10.1. The largest absolute Gasteiger partial charge is 0.573 e. The van der Waals surface area contributed by atoms with Crippen molar-refractivity contribution in [1.29, 1.82) is 0 Å². The molecular weight excluding hydrogens is 459 g/mol. The Bertz CT molecular complexity index is 1170. The van der Waals surface area contributed by atoms with Gasteiger partial charge in [-0.25, -0.2) is 4.79 Å². The smallest absolute Gasteiger partial charge is 0.406 e. The molecule has 1 fully saturated rings. The first-order chi connectivity index (χ1) is 16.8. The van der Waals surface area contributed by atoms with Gasteiger partial charge in [0.1, 0.15) is 5.75 Å². The summed E-state index contributed by atoms with van der Waals surface area (Å²) in [6.45, 7) is 1.24. The molecule has 3 aromatic rings. The molecule has 4 rings (SSSR count). The molecule has 6 nitrogen and oxygen atoms in total. The van der Waals surface area contributed by atoms with Gasteiger partial charge >= 0.3 is 12.4 Å². The Kier molecular flexibility index (Phi) is 7.24. The van der Waals surface area contributed by atoms with E-state index in [9.17, 15) is 22.8 Å². The van der Waals surface area contributed by atoms with Crippen molar-refractivity contribution >= 4 is 23.3 Å². The summed E-state index contributed by atoms with van der Waals surface area (Å²) in [7, 11) is 0. The highest BCUT2D eigenvalue weighted by Crippen LogP contribution is 2.30. The van der Waals surface area contributed by atoms with Crippen LogP contribution in [0.3, 0.4) is 0 Å². The molecular formula is C26H24F3N3O3. The first kappa shape index (κ1) is 24.1. The van der Waals surface area contributed by atoms with Crippen LogP contribution in [0.4, 0.5) is 29.3 Å². The number of urea groups is 1. The zero-order valence-corrected chi connectivity index (χ0v) is 18.8. The van der Waals surface area contributed by atoms with E-state index in [1.165, 1.54) is 24.3 Å². The maximum Gasteiger partial charge on any atom is 0.573 e. The fourth-order valence-electron chi connectivity index (χ4n) is 3.96. The number of carbonyl (C=O) groups excluding carboxylic acids is 2. The number of alkyl halides is 3. The molecule has 3 amide bonds. The van der Waals surface area contributed by atoms with Gasteiger partial charge in [-0.05, 0) is 41.8 Å². The summed E-state index contributed by atoms with van der Waals surface area (Å²) >= 11 is 0. The molecule has 0 bridgehead atoms. The van der Waals surface area contributed by atoms with Gasteiger partial charge in [0.2, 0.25) is 5.91 Å². The van der Waals surface area contributed by atoms with E-state index < -0.39 is 6.36 Å². The Hall–Kier alpha value is -4.01. The molecule has 0 aromatic heterocycles. The fraction of sp³-hybridized carbons (Fsp3) is 0.231. The third kappa shape index (κ3) is 6.53. The van der Waals surface area contributed by atoms with Crippen molar-refractivity contribution in [2.45, 2.75) is 25.7 Å². The third-order valence-electron chi connectivity index (χ3n) is 5.52. The molecule has 0 unspecified atom stereocenters. The molecule has 0 spiro atoms. The molecule has 1 aliphatic rings. The van der Waals surface area contributed by atoms with Crippen molar-refractivity contribution < 1.29 is 27.5 Å². The number of benzene rings is 3. The van der Waals surface area contributed by atoms with Gasteiger partial charge in [-0.15, -0.1) is 13.2 Å². The Balaban J connectivity index is 1.44. The maximum atomic E-state index is 13.3. The van der Waals surface area contributed by atoms with Gasteiger partial charge < -0.3 is 15.0 Å². The molecule has 9 heteroatoms. The van der Waals surface area contributed by atoms with Crippen LogP contribution in [-0.2, 0) is 17.8 Å². The van der Waals surface area contributed by atoms with Crippen LogP contribution in [0.1, 0.15) is 17.5 Å². The zero-order chi connectivity index (χ0) is 24.8. The average molecular weight is 483 g/mol. The molecule has 1 aliphatic heterocycles. The number of ether oxygens (including phenoxy) is 1. The Morgan fingerprint density at radius 3 is 2.29 bits per heavy atom. The van der Waals surface area contributed by atoms with E-state index >= 15 is 0 Å². The van der Waals surface area contributed by atoms with Gasteiger partial charge in [0, 0.05) is 19.6 Å². The lowest BCUT2D eigenvalue weighted by Crippen LogP contribution is -2.49. The number of para-hydroxylation sites is 2. The molecule has 0 aliphatic carbocycles. The first-order valence-corrected chi connectivity index (χ1v) is 11.1. The summed E-state index contributed by atoms with van der Waals surface area (Å²) in [5.41, 5.74) is 2.70. The van der Waals surface area contributed by atoms with Crippen LogP contribution in [0.2, 0.25) is 0 Å². The van der Waals surface area contributed by atoms with E-state index in [1.54, 1.807) is 34.1 Å². The van der Waals surface area contributed by atoms with Crippen LogP contribution in [0.15, 0.2) is 78.9 Å². The SMILES string of the molecule is O=C(Cc1ccccc1)Nc1ccccc1N1CCCN(Cc2ccc(OC(F)(F)F)cc2)C1=O. The predicted octanol–water partition coefficient (Wildman–Crippen LogP) is 5.60. The topological polar surface area (TPSA) is 61.9 Å². The fourth-order valence-corrected chi connectivity index (χ4v) is 3.96. The second kappa shape index (κ2) is 10.5. The summed E-state index contributed by atoms with van der Waals surface area (Å²) in [5, 5.41) is 2.91. The molecule has 1 heterocycles. The number of nitrogens with zero attached hydrogens (tertiary/aromatic N) is 2. The van der Waals surface area contributed by atoms with Crippen LogP contribution in [-0.4, -0.2) is 36.3 Å². The summed E-state index contributed by atoms with van der Waals surface area (Å²) in [4.78, 5) is 29.1. The van der Waals surface area contributed by atoms with Crippen molar-refractivity contribution in [3.05, 3.63) is 90.0 Å². The van der Waals surface area contributed by atoms with Gasteiger partial charge in [-0.3, -0.25) is 9.69 Å². The zero-order valence-electron chi connectivity index (χ0n) is 18.8. The highest BCUT2D eigenvalue weighted by molar-refractivity contribution is 6.01. The van der Waals surface area contributed by atoms with Crippen LogP contribution >= 0.6 is 0 Å². The lowest BCUT2D eigenvalue weighted by molar-refractivity contribution is -0.274. The molecule has 35 heavy (non-hydrogen) atoms. The predicted molar refractivity (Wildman–Crippen MR) is 126 cm³/mol. The number of halogens is 3. The second-order valence-corrected chi connectivity index (χ2v) is 8.13. The molecule has 0 radical (unpaired) electrons. The Morgan fingerprint density at radius 1 is 0.886 bits per heavy atom. The lowest BCUT2D eigenvalue weighted by Gasteiger charge is -2.36. The molecule has 1 saturated heterocycles. The highest BCUT2D eigenvalue weighted by Gasteiger charge is 2.31. The Morgan fingerprint density at radius 2 is 1.57 bits per heavy atom. The summed E-state index contributed by atoms with van der Waals surface area (Å²) < 4.78 is 41.1. The molecule has 3 aromatic carbocycles. The average Bonchev–Trinajstić information content (AvgIpc) is 2.82. The van der Waals surface area contributed by atoms with Crippen molar-refractivity contribution in [1.82, 2.24) is 4.90 Å². The monoisotopic (exact) mass is 483 g/mol. The minimum atomic E-state index is -4.76. The molecule has 0 atom stereocenters. The summed E-state index contributed by atoms with van der Waals surface area (Å²) in [5.74, 6) is -0.501. The number of nitrogens with one attached hydrogen (secondary N) is 1. The molecule has 0 saturated carbocycles. The number of rotatable bonds is 7. The number of hydrogen-bond donors (Lipinski definition) is 1. The van der Waals surface area contributed by atoms with Gasteiger partial charge in [0.15, 0.2) is 0 Å². The van der Waals surface area contributed by atoms with Gasteiger partial charge in [0.25, 0.3) is 0 Å². The maximum absolute atomic E-state index is 13.3. The van der Waals surface area contributed by atoms with Crippen molar-refractivity contribution in [2.24, 2.45) is 0 Å². The van der Waals surface area contributed by atoms with Crippen LogP contribution < -0.4 is 15.0 Å². The molecule has 182 valence electrons. The quantitative estimate of drug-likeness (QED) is 0.476. The second-order valence-electron chi connectivity index (χ2n) is 8.13. The number of hydrogen-bond acceptors (Lipinski definition) is 3. The van der Waals surface area contributed by atoms with E-state index in [-0.39, 0.29) is 30.7 Å². The summed E-state index contributed by atoms with van der Waals surface area (Å²) in [6, 6.07) is 21.7. The standard InChI is InChI=1S/C26H24F3N3O3/c27-26(28,29)35-21-13-11-20(12-14-21)18-31-15-6-16-32(25(31)34)23-10-5-4-9-22(23)30-24(33)17-19-7-2-1-3-8-19/h1-5,7-14H,6,15-18H2,(H,30,33). The molecule has 1 N–H and O–H groups in total. The van der Waals surface area contributed by atoms with Crippen molar-refractivity contribution in [3.63, 3.8) is 0 Å². The van der Waals surface area contributed by atoms with E-state index in [0.29, 0.717) is 36.4 Å². The van der Waals surface area contributed by atoms with Crippen molar-refractivity contribution in [2.75, 3.05) is 23.3 Å². The third-order valence-corrected chi connectivity index (χ3v) is 5.52. The van der Waals surface area contributed by atoms with Crippen molar-refractivity contribution in [3.8, 4) is 5.75 Å². The number of anilines is 2. The van der Waals surface area contributed by atoms with Gasteiger partial charge in [0.05, 0.1) is 17.8 Å².